The summed E-state index contributed by atoms with van der Waals surface area (Å²) in [6.07, 6.45) is 3.38. The van der Waals surface area contributed by atoms with Crippen LogP contribution in [0.15, 0.2) is 54.6 Å². The van der Waals surface area contributed by atoms with E-state index in [0.717, 1.165) is 28.7 Å². The Labute approximate surface area is 194 Å². The number of pyridine rings is 1. The second-order valence-electron chi connectivity index (χ2n) is 9.27. The summed E-state index contributed by atoms with van der Waals surface area (Å²) in [5.74, 6) is 0.781. The van der Waals surface area contributed by atoms with Crippen LogP contribution in [0.5, 0.6) is 0 Å². The third-order valence-electron chi connectivity index (χ3n) is 7.10. The number of amides is 1. The summed E-state index contributed by atoms with van der Waals surface area (Å²) in [5, 5.41) is 19.5. The number of carbonyl (C=O) groups excluding carboxylic acids is 1. The zero-order chi connectivity index (χ0) is 22.9. The zero-order valence-electron chi connectivity index (χ0n) is 19.0. The summed E-state index contributed by atoms with van der Waals surface area (Å²) in [7, 11) is 0. The van der Waals surface area contributed by atoms with E-state index in [-0.39, 0.29) is 25.0 Å². The Morgan fingerprint density at radius 3 is 2.45 bits per heavy atom. The Hall–Kier alpha value is -3.02. The molecule has 5 nitrogen and oxygen atoms in total. The van der Waals surface area contributed by atoms with Gasteiger partial charge in [0.15, 0.2) is 0 Å². The lowest BCUT2D eigenvalue weighted by Gasteiger charge is -2.19. The molecule has 1 saturated heterocycles. The van der Waals surface area contributed by atoms with Crippen molar-refractivity contribution >= 4 is 5.91 Å². The molecule has 1 saturated carbocycles. The van der Waals surface area contributed by atoms with Crippen molar-refractivity contribution in [2.24, 2.45) is 0 Å². The van der Waals surface area contributed by atoms with Gasteiger partial charge in [-0.3, -0.25) is 4.79 Å². The van der Waals surface area contributed by atoms with Crippen LogP contribution in [0.2, 0.25) is 0 Å². The van der Waals surface area contributed by atoms with Gasteiger partial charge in [-0.15, -0.1) is 0 Å². The predicted molar refractivity (Wildman–Crippen MR) is 128 cm³/mol. The van der Waals surface area contributed by atoms with E-state index >= 15 is 0 Å². The molecule has 1 amide bonds. The molecular weight excluding hydrogens is 412 g/mol. The molecule has 2 aliphatic rings. The van der Waals surface area contributed by atoms with Gasteiger partial charge in [-0.25, -0.2) is 4.98 Å². The second kappa shape index (κ2) is 9.08. The zero-order valence-corrected chi connectivity index (χ0v) is 19.0. The minimum atomic E-state index is -0.0792. The summed E-state index contributed by atoms with van der Waals surface area (Å²) in [5.41, 5.74) is 7.73. The van der Waals surface area contributed by atoms with Crippen LogP contribution >= 0.6 is 0 Å². The number of benzene rings is 2. The molecule has 0 radical (unpaired) electrons. The summed E-state index contributed by atoms with van der Waals surface area (Å²) in [6.45, 7) is 3.01. The highest BCUT2D eigenvalue weighted by atomic mass is 16.3. The van der Waals surface area contributed by atoms with E-state index in [1.165, 1.54) is 24.0 Å². The van der Waals surface area contributed by atoms with Crippen molar-refractivity contribution in [2.45, 2.75) is 51.2 Å². The van der Waals surface area contributed by atoms with Gasteiger partial charge in [0, 0.05) is 24.7 Å². The van der Waals surface area contributed by atoms with Gasteiger partial charge in [0.2, 0.25) is 0 Å². The largest absolute Gasteiger partial charge is 0.392 e. The molecular formula is C28H30N2O3. The standard InChI is InChI=1S/C28H30N2O3/c1-18-22(16-31)9-11-27(29-18)28(33)30-13-12-21(15-30)24-10-8-20(14-23(24)17-32)26-5-3-2-4-25(26)19-6-7-19/h2-5,8-11,14,19,21,31-32H,6-7,12-13,15-17H2,1H3. The SMILES string of the molecule is Cc1nc(C(=O)N2CCC(c3ccc(-c4ccccc4C4CC4)cc3CO)C2)ccc1CO. The van der Waals surface area contributed by atoms with E-state index in [1.807, 2.05) is 11.8 Å². The van der Waals surface area contributed by atoms with Crippen molar-refractivity contribution in [3.63, 3.8) is 0 Å². The molecule has 2 aromatic carbocycles. The summed E-state index contributed by atoms with van der Waals surface area (Å²) in [4.78, 5) is 19.3. The van der Waals surface area contributed by atoms with Crippen molar-refractivity contribution in [1.82, 2.24) is 9.88 Å². The number of hydrogen-bond acceptors (Lipinski definition) is 4. The monoisotopic (exact) mass is 442 g/mol. The van der Waals surface area contributed by atoms with Gasteiger partial charge < -0.3 is 15.1 Å². The molecule has 1 atom stereocenters. The fraction of sp³-hybridized carbons (Fsp3) is 0.357. The molecule has 2 heterocycles. The van der Waals surface area contributed by atoms with Crippen LogP contribution in [0, 0.1) is 6.92 Å². The molecule has 1 aromatic heterocycles. The molecule has 1 aliphatic carbocycles. The van der Waals surface area contributed by atoms with Crippen LogP contribution in [0.25, 0.3) is 11.1 Å². The fourth-order valence-electron chi connectivity index (χ4n) is 5.06. The lowest BCUT2D eigenvalue weighted by molar-refractivity contribution is 0.0784. The summed E-state index contributed by atoms with van der Waals surface area (Å²) in [6, 6.07) is 18.5. The number of aryl methyl sites for hydroxylation is 1. The van der Waals surface area contributed by atoms with Crippen molar-refractivity contribution in [1.29, 1.82) is 0 Å². The first-order valence-electron chi connectivity index (χ1n) is 11.8. The molecule has 2 fully saturated rings. The van der Waals surface area contributed by atoms with Crippen LogP contribution in [0.1, 0.15) is 69.5 Å². The number of rotatable bonds is 6. The first-order valence-corrected chi connectivity index (χ1v) is 11.8. The minimum Gasteiger partial charge on any atom is -0.392 e. The highest BCUT2D eigenvalue weighted by Crippen LogP contribution is 2.44. The topological polar surface area (TPSA) is 73.7 Å². The lowest BCUT2D eigenvalue weighted by Crippen LogP contribution is -2.29. The number of aliphatic hydroxyl groups excluding tert-OH is 2. The maximum absolute atomic E-state index is 13.0. The Bertz CT molecular complexity index is 1190. The number of carbonyl (C=O) groups is 1. The Balaban J connectivity index is 1.36. The number of aromatic nitrogens is 1. The fourth-order valence-corrected chi connectivity index (χ4v) is 5.06. The number of nitrogens with zero attached hydrogens (tertiary/aromatic N) is 2. The number of likely N-dealkylation sites (tertiary alicyclic amines) is 1. The third kappa shape index (κ3) is 4.31. The molecule has 33 heavy (non-hydrogen) atoms. The van der Waals surface area contributed by atoms with Gasteiger partial charge in [0.25, 0.3) is 5.91 Å². The predicted octanol–water partition coefficient (Wildman–Crippen LogP) is 4.55. The Morgan fingerprint density at radius 2 is 1.73 bits per heavy atom. The molecule has 5 heteroatoms. The van der Waals surface area contributed by atoms with Gasteiger partial charge in [0.1, 0.15) is 5.69 Å². The number of aliphatic hydroxyl groups is 2. The average molecular weight is 443 g/mol. The third-order valence-corrected chi connectivity index (χ3v) is 7.10. The van der Waals surface area contributed by atoms with E-state index in [9.17, 15) is 15.0 Å². The first-order chi connectivity index (χ1) is 16.1. The van der Waals surface area contributed by atoms with Crippen molar-refractivity contribution in [2.75, 3.05) is 13.1 Å². The second-order valence-corrected chi connectivity index (χ2v) is 9.27. The maximum Gasteiger partial charge on any atom is 0.272 e. The van der Waals surface area contributed by atoms with Crippen LogP contribution in [0.4, 0.5) is 0 Å². The molecule has 5 rings (SSSR count). The molecule has 3 aromatic rings. The normalized spacial score (nSPS) is 18.0. The van der Waals surface area contributed by atoms with Crippen LogP contribution in [-0.2, 0) is 13.2 Å². The number of hydrogen-bond donors (Lipinski definition) is 2. The van der Waals surface area contributed by atoms with Gasteiger partial charge in [0.05, 0.1) is 13.2 Å². The minimum absolute atomic E-state index is 0.0113. The average Bonchev–Trinajstić information content (AvgIpc) is 3.59. The smallest absolute Gasteiger partial charge is 0.272 e. The van der Waals surface area contributed by atoms with E-state index in [0.29, 0.717) is 30.4 Å². The first kappa shape index (κ1) is 21.8. The van der Waals surface area contributed by atoms with Crippen molar-refractivity contribution in [3.05, 3.63) is 88.2 Å². The Kier molecular flexibility index (Phi) is 6.00. The maximum atomic E-state index is 13.0. The lowest BCUT2D eigenvalue weighted by atomic mass is 9.89. The van der Waals surface area contributed by atoms with Gasteiger partial charge in [-0.05, 0) is 77.6 Å². The summed E-state index contributed by atoms with van der Waals surface area (Å²) < 4.78 is 0. The molecule has 1 aliphatic heterocycles. The Morgan fingerprint density at radius 1 is 0.939 bits per heavy atom. The molecule has 170 valence electrons. The highest BCUT2D eigenvalue weighted by molar-refractivity contribution is 5.92. The van der Waals surface area contributed by atoms with Gasteiger partial charge >= 0.3 is 0 Å². The van der Waals surface area contributed by atoms with Crippen molar-refractivity contribution in [3.8, 4) is 11.1 Å². The van der Waals surface area contributed by atoms with E-state index in [2.05, 4.69) is 47.4 Å². The van der Waals surface area contributed by atoms with E-state index in [4.69, 9.17) is 0 Å². The van der Waals surface area contributed by atoms with Crippen LogP contribution < -0.4 is 0 Å². The highest BCUT2D eigenvalue weighted by Gasteiger charge is 2.30. The molecule has 0 bridgehead atoms. The van der Waals surface area contributed by atoms with Gasteiger partial charge in [-0.2, -0.15) is 0 Å². The molecule has 1 unspecified atom stereocenters. The van der Waals surface area contributed by atoms with E-state index < -0.39 is 0 Å². The van der Waals surface area contributed by atoms with E-state index in [1.54, 1.807) is 12.1 Å². The van der Waals surface area contributed by atoms with Crippen LogP contribution in [0.3, 0.4) is 0 Å². The van der Waals surface area contributed by atoms with Gasteiger partial charge in [-0.1, -0.05) is 42.5 Å². The molecule has 2 N–H and O–H groups in total. The molecule has 0 spiro atoms. The summed E-state index contributed by atoms with van der Waals surface area (Å²) >= 11 is 0. The van der Waals surface area contributed by atoms with Crippen molar-refractivity contribution < 1.29 is 15.0 Å². The van der Waals surface area contributed by atoms with Crippen LogP contribution in [-0.4, -0.2) is 39.1 Å². The quantitative estimate of drug-likeness (QED) is 0.587.